The van der Waals surface area contributed by atoms with Crippen molar-refractivity contribution in [3.8, 4) is 5.75 Å². The lowest BCUT2D eigenvalue weighted by molar-refractivity contribution is -0.132. The topological polar surface area (TPSA) is 46.5 Å². The second-order valence-electron chi connectivity index (χ2n) is 6.64. The Morgan fingerprint density at radius 2 is 1.91 bits per heavy atom. The molecule has 122 valence electrons. The summed E-state index contributed by atoms with van der Waals surface area (Å²) in [6.45, 7) is 3.61. The van der Waals surface area contributed by atoms with Crippen molar-refractivity contribution in [1.82, 2.24) is 0 Å². The van der Waals surface area contributed by atoms with Crippen LogP contribution in [-0.2, 0) is 10.4 Å². The van der Waals surface area contributed by atoms with Gasteiger partial charge in [0.15, 0.2) is 0 Å². The van der Waals surface area contributed by atoms with Crippen molar-refractivity contribution in [3.05, 3.63) is 42.0 Å². The van der Waals surface area contributed by atoms with Gasteiger partial charge in [0, 0.05) is 17.9 Å². The summed E-state index contributed by atoms with van der Waals surface area (Å²) < 4.78 is 5.53. The lowest BCUT2D eigenvalue weighted by atomic mass is 9.74. The molecule has 0 spiro atoms. The van der Waals surface area contributed by atoms with E-state index < -0.39 is 5.60 Å². The molecule has 1 aliphatic rings. The van der Waals surface area contributed by atoms with E-state index in [4.69, 9.17) is 4.74 Å². The SMILES string of the molecule is CCC1CCC(O)(c2ccc3ccccc3c2OC(C)=O)CC1. The summed E-state index contributed by atoms with van der Waals surface area (Å²) in [5.74, 6) is 0.856. The average Bonchev–Trinajstić information content (AvgIpc) is 2.55. The molecule has 0 atom stereocenters. The predicted octanol–water partition coefficient (Wildman–Crippen LogP) is 4.55. The maximum absolute atomic E-state index is 11.6. The first-order valence-corrected chi connectivity index (χ1v) is 8.46. The second kappa shape index (κ2) is 6.32. The molecule has 0 amide bonds. The third-order valence-electron chi connectivity index (χ3n) is 5.14. The number of hydrogen-bond acceptors (Lipinski definition) is 3. The van der Waals surface area contributed by atoms with Crippen LogP contribution in [0, 0.1) is 5.92 Å². The normalized spacial score (nSPS) is 24.6. The van der Waals surface area contributed by atoms with E-state index >= 15 is 0 Å². The zero-order valence-electron chi connectivity index (χ0n) is 13.8. The van der Waals surface area contributed by atoms with E-state index in [1.54, 1.807) is 0 Å². The maximum Gasteiger partial charge on any atom is 0.308 e. The minimum absolute atomic E-state index is 0.353. The smallest absolute Gasteiger partial charge is 0.308 e. The molecule has 2 aromatic rings. The van der Waals surface area contributed by atoms with Crippen molar-refractivity contribution in [2.24, 2.45) is 5.92 Å². The molecule has 23 heavy (non-hydrogen) atoms. The first-order valence-electron chi connectivity index (χ1n) is 8.46. The number of carbonyl (C=O) groups excluding carboxylic acids is 1. The molecule has 0 radical (unpaired) electrons. The van der Waals surface area contributed by atoms with Crippen LogP contribution >= 0.6 is 0 Å². The van der Waals surface area contributed by atoms with Gasteiger partial charge in [0.05, 0.1) is 5.60 Å². The van der Waals surface area contributed by atoms with Gasteiger partial charge in [-0.25, -0.2) is 0 Å². The zero-order valence-corrected chi connectivity index (χ0v) is 13.8. The van der Waals surface area contributed by atoms with Crippen LogP contribution in [0.3, 0.4) is 0 Å². The van der Waals surface area contributed by atoms with Crippen LogP contribution in [0.4, 0.5) is 0 Å². The van der Waals surface area contributed by atoms with Crippen LogP contribution in [0.1, 0.15) is 51.5 Å². The lowest BCUT2D eigenvalue weighted by Crippen LogP contribution is -2.32. The Balaban J connectivity index is 2.07. The number of hydrogen-bond donors (Lipinski definition) is 1. The largest absolute Gasteiger partial charge is 0.426 e. The van der Waals surface area contributed by atoms with E-state index in [9.17, 15) is 9.90 Å². The highest BCUT2D eigenvalue weighted by atomic mass is 16.5. The van der Waals surface area contributed by atoms with Crippen molar-refractivity contribution >= 4 is 16.7 Å². The van der Waals surface area contributed by atoms with E-state index in [0.29, 0.717) is 11.7 Å². The number of esters is 1. The minimum Gasteiger partial charge on any atom is -0.426 e. The molecule has 0 aromatic heterocycles. The van der Waals surface area contributed by atoms with Crippen molar-refractivity contribution in [2.45, 2.75) is 51.6 Å². The van der Waals surface area contributed by atoms with Crippen molar-refractivity contribution in [1.29, 1.82) is 0 Å². The fourth-order valence-corrected chi connectivity index (χ4v) is 3.70. The Morgan fingerprint density at radius 3 is 2.57 bits per heavy atom. The molecule has 3 rings (SSSR count). The summed E-state index contributed by atoms with van der Waals surface area (Å²) in [5.41, 5.74) is -0.151. The van der Waals surface area contributed by atoms with Gasteiger partial charge in [-0.3, -0.25) is 4.79 Å². The molecule has 3 nitrogen and oxygen atoms in total. The molecule has 0 heterocycles. The van der Waals surface area contributed by atoms with Gasteiger partial charge in [0.1, 0.15) is 5.75 Å². The van der Waals surface area contributed by atoms with Gasteiger partial charge >= 0.3 is 5.97 Å². The summed E-state index contributed by atoms with van der Waals surface area (Å²) in [4.78, 5) is 11.6. The summed E-state index contributed by atoms with van der Waals surface area (Å²) in [6.07, 6.45) is 4.62. The zero-order chi connectivity index (χ0) is 16.4. The molecule has 1 saturated carbocycles. The third-order valence-corrected chi connectivity index (χ3v) is 5.14. The first kappa shape index (κ1) is 16.0. The number of carbonyl (C=O) groups is 1. The van der Waals surface area contributed by atoms with Crippen LogP contribution in [0.25, 0.3) is 10.8 Å². The van der Waals surface area contributed by atoms with E-state index in [0.717, 1.165) is 48.4 Å². The summed E-state index contributed by atoms with van der Waals surface area (Å²) >= 11 is 0. The Kier molecular flexibility index (Phi) is 4.40. The lowest BCUT2D eigenvalue weighted by Gasteiger charge is -2.37. The molecule has 2 aromatic carbocycles. The highest BCUT2D eigenvalue weighted by Crippen LogP contribution is 2.45. The Hall–Kier alpha value is -1.87. The first-order chi connectivity index (χ1) is 11.0. The van der Waals surface area contributed by atoms with Gasteiger partial charge in [-0.15, -0.1) is 0 Å². The van der Waals surface area contributed by atoms with Gasteiger partial charge in [-0.1, -0.05) is 49.7 Å². The molecule has 1 aliphatic carbocycles. The van der Waals surface area contributed by atoms with Gasteiger partial charge < -0.3 is 9.84 Å². The molecular formula is C20H24O3. The van der Waals surface area contributed by atoms with Crippen molar-refractivity contribution in [2.75, 3.05) is 0 Å². The Labute approximate surface area is 137 Å². The number of fused-ring (bicyclic) bond motifs is 1. The fourth-order valence-electron chi connectivity index (χ4n) is 3.70. The highest BCUT2D eigenvalue weighted by Gasteiger charge is 2.37. The highest BCUT2D eigenvalue weighted by molar-refractivity contribution is 5.91. The summed E-state index contributed by atoms with van der Waals surface area (Å²) in [5, 5.41) is 13.1. The second-order valence-corrected chi connectivity index (χ2v) is 6.64. The van der Waals surface area contributed by atoms with Crippen LogP contribution in [0.15, 0.2) is 36.4 Å². The van der Waals surface area contributed by atoms with Crippen LogP contribution < -0.4 is 4.74 Å². The molecule has 3 heteroatoms. The summed E-state index contributed by atoms with van der Waals surface area (Å²) in [7, 11) is 0. The van der Waals surface area contributed by atoms with Crippen LogP contribution in [0.5, 0.6) is 5.75 Å². The molecule has 0 aliphatic heterocycles. The number of aliphatic hydroxyl groups is 1. The van der Waals surface area contributed by atoms with E-state index in [1.165, 1.54) is 6.92 Å². The van der Waals surface area contributed by atoms with Gasteiger partial charge in [0.25, 0.3) is 0 Å². The Bertz CT molecular complexity index is 712. The van der Waals surface area contributed by atoms with E-state index in [2.05, 4.69) is 6.92 Å². The average molecular weight is 312 g/mol. The maximum atomic E-state index is 11.6. The number of ether oxygens (including phenoxy) is 1. The number of benzene rings is 2. The molecule has 1 fully saturated rings. The molecule has 0 saturated heterocycles. The van der Waals surface area contributed by atoms with Gasteiger partial charge in [0.2, 0.25) is 0 Å². The molecule has 0 bridgehead atoms. The molecule has 1 N–H and O–H groups in total. The summed E-state index contributed by atoms with van der Waals surface area (Å²) in [6, 6.07) is 11.7. The minimum atomic E-state index is -0.902. The van der Waals surface area contributed by atoms with Crippen LogP contribution in [-0.4, -0.2) is 11.1 Å². The Morgan fingerprint density at radius 1 is 1.22 bits per heavy atom. The third kappa shape index (κ3) is 3.11. The van der Waals surface area contributed by atoms with Crippen molar-refractivity contribution in [3.63, 3.8) is 0 Å². The molecule has 0 unspecified atom stereocenters. The molecular weight excluding hydrogens is 288 g/mol. The van der Waals surface area contributed by atoms with Gasteiger partial charge in [-0.2, -0.15) is 0 Å². The van der Waals surface area contributed by atoms with Gasteiger partial charge in [-0.05, 0) is 37.0 Å². The van der Waals surface area contributed by atoms with Crippen LogP contribution in [0.2, 0.25) is 0 Å². The fraction of sp³-hybridized carbons (Fsp3) is 0.450. The quantitative estimate of drug-likeness (QED) is 0.668. The van der Waals surface area contributed by atoms with Crippen molar-refractivity contribution < 1.29 is 14.6 Å². The monoisotopic (exact) mass is 312 g/mol. The predicted molar refractivity (Wildman–Crippen MR) is 91.4 cm³/mol. The van der Waals surface area contributed by atoms with E-state index in [-0.39, 0.29) is 5.97 Å². The standard InChI is InChI=1S/C20H24O3/c1-3-15-10-12-20(22,13-11-15)18-9-8-16-6-4-5-7-17(16)19(18)23-14(2)21/h4-9,15,22H,3,10-13H2,1-2H3. The number of rotatable bonds is 3. The van der Waals surface area contributed by atoms with E-state index in [1.807, 2.05) is 36.4 Å².